The van der Waals surface area contributed by atoms with Gasteiger partial charge in [0, 0.05) is 31.0 Å². The van der Waals surface area contributed by atoms with Crippen LogP contribution in [0.3, 0.4) is 0 Å². The van der Waals surface area contributed by atoms with Crippen molar-refractivity contribution in [3.8, 4) is 0 Å². The molecular formula is C13H16ClNOS. The monoisotopic (exact) mass is 269 g/mol. The van der Waals surface area contributed by atoms with Crippen molar-refractivity contribution in [2.24, 2.45) is 0 Å². The molecule has 17 heavy (non-hydrogen) atoms. The highest BCUT2D eigenvalue weighted by atomic mass is 35.5. The lowest BCUT2D eigenvalue weighted by molar-refractivity contribution is -0.127. The van der Waals surface area contributed by atoms with Crippen LogP contribution in [0.5, 0.6) is 0 Å². The van der Waals surface area contributed by atoms with Gasteiger partial charge in [0.25, 0.3) is 0 Å². The molecule has 1 aliphatic rings. The first-order valence-electron chi connectivity index (χ1n) is 5.79. The van der Waals surface area contributed by atoms with Gasteiger partial charge in [0.1, 0.15) is 0 Å². The van der Waals surface area contributed by atoms with Gasteiger partial charge in [0.2, 0.25) is 5.91 Å². The topological polar surface area (TPSA) is 20.3 Å². The maximum atomic E-state index is 11.5. The number of carbonyl (C=O) groups excluding carboxylic acids is 1. The molecule has 1 aromatic rings. The van der Waals surface area contributed by atoms with Crippen LogP contribution in [0.25, 0.3) is 0 Å². The summed E-state index contributed by atoms with van der Waals surface area (Å²) < 4.78 is 0. The fourth-order valence-corrected chi connectivity index (χ4v) is 3.10. The van der Waals surface area contributed by atoms with Crippen LogP contribution >= 0.6 is 23.4 Å². The average molecular weight is 270 g/mol. The summed E-state index contributed by atoms with van der Waals surface area (Å²) in [5.74, 6) is 2.18. The van der Waals surface area contributed by atoms with Gasteiger partial charge in [-0.25, -0.2) is 0 Å². The van der Waals surface area contributed by atoms with Crippen LogP contribution in [0.2, 0.25) is 0 Å². The maximum absolute atomic E-state index is 11.5. The Labute approximate surface area is 111 Å². The third kappa shape index (κ3) is 3.93. The highest BCUT2D eigenvalue weighted by Crippen LogP contribution is 2.18. The fraction of sp³-hybridized carbons (Fsp3) is 0.462. The van der Waals surface area contributed by atoms with Crippen molar-refractivity contribution in [1.29, 1.82) is 0 Å². The zero-order chi connectivity index (χ0) is 12.1. The second-order valence-corrected chi connectivity index (χ2v) is 5.90. The van der Waals surface area contributed by atoms with Crippen LogP contribution in [0.1, 0.15) is 12.0 Å². The highest BCUT2D eigenvalue weighted by molar-refractivity contribution is 7.98. The van der Waals surface area contributed by atoms with Gasteiger partial charge in [-0.3, -0.25) is 4.79 Å². The molecule has 1 atom stereocenters. The highest BCUT2D eigenvalue weighted by Gasteiger charge is 2.27. The molecule has 1 aromatic carbocycles. The molecule has 1 amide bonds. The number of thioether (sulfide) groups is 1. The fourth-order valence-electron chi connectivity index (χ4n) is 1.88. The predicted octanol–water partition coefficient (Wildman–Crippen LogP) is 2.76. The summed E-state index contributed by atoms with van der Waals surface area (Å²) >= 11 is 7.80. The Morgan fingerprint density at radius 1 is 1.35 bits per heavy atom. The largest absolute Gasteiger partial charge is 0.340 e. The lowest BCUT2D eigenvalue weighted by Gasteiger charge is -2.14. The van der Waals surface area contributed by atoms with Gasteiger partial charge in [-0.2, -0.15) is 11.8 Å². The minimum Gasteiger partial charge on any atom is -0.340 e. The van der Waals surface area contributed by atoms with Crippen LogP contribution in [-0.2, 0) is 10.5 Å². The molecule has 2 rings (SSSR count). The second-order valence-electron chi connectivity index (χ2n) is 4.18. The third-order valence-electron chi connectivity index (χ3n) is 2.78. The van der Waals surface area contributed by atoms with E-state index in [2.05, 4.69) is 24.3 Å². The van der Waals surface area contributed by atoms with E-state index < -0.39 is 0 Å². The van der Waals surface area contributed by atoms with Gasteiger partial charge in [-0.15, -0.1) is 11.6 Å². The van der Waals surface area contributed by atoms with Crippen molar-refractivity contribution in [2.75, 3.05) is 18.8 Å². The van der Waals surface area contributed by atoms with E-state index in [1.54, 1.807) is 0 Å². The number of nitrogens with zero attached hydrogens (tertiary/aromatic N) is 1. The number of hydrogen-bond acceptors (Lipinski definition) is 2. The van der Waals surface area contributed by atoms with Gasteiger partial charge in [0.15, 0.2) is 0 Å². The molecule has 0 radical (unpaired) electrons. The standard InChI is InChI=1S/C13H16ClNOS/c14-12-8-13(16)15(9-12)6-7-17-10-11-4-2-1-3-5-11/h1-5,12H,6-10H2. The van der Waals surface area contributed by atoms with Crippen LogP contribution in [-0.4, -0.2) is 35.0 Å². The lowest BCUT2D eigenvalue weighted by Crippen LogP contribution is -2.27. The Balaban J connectivity index is 1.65. The molecule has 1 fully saturated rings. The zero-order valence-electron chi connectivity index (χ0n) is 9.64. The van der Waals surface area contributed by atoms with Crippen LogP contribution in [0.15, 0.2) is 30.3 Å². The molecule has 92 valence electrons. The quantitative estimate of drug-likeness (QED) is 0.605. The van der Waals surface area contributed by atoms with E-state index in [9.17, 15) is 4.79 Å². The number of hydrogen-bond donors (Lipinski definition) is 0. The first-order valence-corrected chi connectivity index (χ1v) is 7.38. The molecule has 0 saturated carbocycles. The number of amides is 1. The molecule has 2 nitrogen and oxygen atoms in total. The third-order valence-corrected chi connectivity index (χ3v) is 4.09. The van der Waals surface area contributed by atoms with Gasteiger partial charge in [0.05, 0.1) is 5.38 Å². The normalized spacial score (nSPS) is 19.9. The van der Waals surface area contributed by atoms with E-state index in [-0.39, 0.29) is 11.3 Å². The van der Waals surface area contributed by atoms with Gasteiger partial charge in [-0.1, -0.05) is 30.3 Å². The summed E-state index contributed by atoms with van der Waals surface area (Å²) in [6, 6.07) is 10.4. The van der Waals surface area contributed by atoms with Crippen LogP contribution < -0.4 is 0 Å². The first kappa shape index (κ1) is 12.8. The second kappa shape index (κ2) is 6.31. The van der Waals surface area contributed by atoms with Crippen molar-refractivity contribution in [2.45, 2.75) is 17.6 Å². The minimum absolute atomic E-state index is 0.0154. The average Bonchev–Trinajstić information content (AvgIpc) is 2.65. The summed E-state index contributed by atoms with van der Waals surface area (Å²) in [6.45, 7) is 1.53. The Morgan fingerprint density at radius 3 is 2.76 bits per heavy atom. The van der Waals surface area contributed by atoms with Crippen molar-refractivity contribution in [3.05, 3.63) is 35.9 Å². The molecule has 1 aliphatic heterocycles. The van der Waals surface area contributed by atoms with E-state index in [1.807, 2.05) is 22.7 Å². The Hall–Kier alpha value is -0.670. The summed E-state index contributed by atoms with van der Waals surface area (Å²) in [7, 11) is 0. The minimum atomic E-state index is 0.0154. The zero-order valence-corrected chi connectivity index (χ0v) is 11.2. The van der Waals surface area contributed by atoms with E-state index >= 15 is 0 Å². The first-order chi connectivity index (χ1) is 8.25. The van der Waals surface area contributed by atoms with Gasteiger partial charge >= 0.3 is 0 Å². The van der Waals surface area contributed by atoms with Crippen molar-refractivity contribution in [1.82, 2.24) is 4.90 Å². The summed E-state index contributed by atoms with van der Waals surface area (Å²) in [5.41, 5.74) is 1.33. The van der Waals surface area contributed by atoms with Crippen LogP contribution in [0, 0.1) is 0 Å². The molecule has 0 aliphatic carbocycles. The van der Waals surface area contributed by atoms with Gasteiger partial charge < -0.3 is 4.90 Å². The summed E-state index contributed by atoms with van der Waals surface area (Å²) in [5, 5.41) is 0.0154. The molecule has 1 unspecified atom stereocenters. The Bertz CT molecular complexity index is 371. The number of halogens is 1. The van der Waals surface area contributed by atoms with Gasteiger partial charge in [-0.05, 0) is 5.56 Å². The predicted molar refractivity (Wildman–Crippen MR) is 73.4 cm³/mol. The number of rotatable bonds is 5. The SMILES string of the molecule is O=C1CC(Cl)CN1CCSCc1ccccc1. The lowest BCUT2D eigenvalue weighted by atomic mass is 10.2. The summed E-state index contributed by atoms with van der Waals surface area (Å²) in [6.07, 6.45) is 0.505. The van der Waals surface area contributed by atoms with Crippen LogP contribution in [0.4, 0.5) is 0 Å². The molecule has 0 bridgehead atoms. The molecule has 1 saturated heterocycles. The van der Waals surface area contributed by atoms with E-state index in [0.29, 0.717) is 13.0 Å². The number of alkyl halides is 1. The van der Waals surface area contributed by atoms with Crippen molar-refractivity contribution < 1.29 is 4.79 Å². The number of benzene rings is 1. The molecule has 0 spiro atoms. The van der Waals surface area contributed by atoms with E-state index in [1.165, 1.54) is 5.56 Å². The Morgan fingerprint density at radius 2 is 2.12 bits per heavy atom. The smallest absolute Gasteiger partial charge is 0.224 e. The van der Waals surface area contributed by atoms with Crippen molar-refractivity contribution in [3.63, 3.8) is 0 Å². The number of likely N-dealkylation sites (tertiary alicyclic amines) is 1. The molecular weight excluding hydrogens is 254 g/mol. The molecule has 0 aromatic heterocycles. The molecule has 1 heterocycles. The summed E-state index contributed by atoms with van der Waals surface area (Å²) in [4.78, 5) is 13.4. The van der Waals surface area contributed by atoms with E-state index in [0.717, 1.165) is 18.1 Å². The van der Waals surface area contributed by atoms with E-state index in [4.69, 9.17) is 11.6 Å². The number of carbonyl (C=O) groups is 1. The molecule has 0 N–H and O–H groups in total. The van der Waals surface area contributed by atoms with Crippen molar-refractivity contribution >= 4 is 29.3 Å². The molecule has 4 heteroatoms. The Kier molecular flexibility index (Phi) is 4.75. The maximum Gasteiger partial charge on any atom is 0.224 e.